The normalized spacial score (nSPS) is 16.7. The second-order valence-corrected chi connectivity index (χ2v) is 9.76. The van der Waals surface area contributed by atoms with Crippen LogP contribution in [0.5, 0.6) is 0 Å². The molecule has 34 heavy (non-hydrogen) atoms. The summed E-state index contributed by atoms with van der Waals surface area (Å²) in [4.78, 5) is 40.1. The molecule has 3 amide bonds. The highest BCUT2D eigenvalue weighted by Crippen LogP contribution is 2.38. The Labute approximate surface area is 203 Å². The fourth-order valence-electron chi connectivity index (χ4n) is 4.67. The van der Waals surface area contributed by atoms with Crippen molar-refractivity contribution in [2.45, 2.75) is 51.5 Å². The molecule has 1 atom stereocenters. The van der Waals surface area contributed by atoms with Crippen molar-refractivity contribution in [2.75, 3.05) is 30.3 Å². The van der Waals surface area contributed by atoms with Crippen LogP contribution in [0.25, 0.3) is 0 Å². The molecule has 1 aliphatic carbocycles. The minimum absolute atomic E-state index is 0.0109. The Hall–Kier alpha value is -2.91. The Kier molecular flexibility index (Phi) is 8.18. The highest BCUT2D eigenvalue weighted by molar-refractivity contribution is 7.17. The number of thiophene rings is 1. The van der Waals surface area contributed by atoms with Gasteiger partial charge in [-0.25, -0.2) is 9.59 Å². The van der Waals surface area contributed by atoms with Gasteiger partial charge in [0.2, 0.25) is 5.91 Å². The van der Waals surface area contributed by atoms with Crippen LogP contribution in [0.15, 0.2) is 30.3 Å². The van der Waals surface area contributed by atoms with E-state index in [0.29, 0.717) is 16.3 Å². The molecule has 9 heteroatoms. The number of rotatable bonds is 7. The first kappa shape index (κ1) is 24.2. The molecule has 1 aromatic heterocycles. The van der Waals surface area contributed by atoms with E-state index in [-0.39, 0.29) is 18.4 Å². The molecule has 0 spiro atoms. The molecule has 2 heterocycles. The molecule has 182 valence electrons. The van der Waals surface area contributed by atoms with E-state index in [0.717, 1.165) is 62.1 Å². The number of carbonyl (C=O) groups excluding carboxylic acids is 3. The van der Waals surface area contributed by atoms with E-state index in [1.165, 1.54) is 11.3 Å². The molecule has 4 N–H and O–H groups in total. The fraction of sp³-hybridized carbons (Fsp3) is 0.480. The lowest BCUT2D eigenvalue weighted by molar-refractivity contribution is -0.119. The number of esters is 1. The number of amides is 3. The summed E-state index contributed by atoms with van der Waals surface area (Å²) in [6.07, 6.45) is 5.36. The maximum atomic E-state index is 13.2. The van der Waals surface area contributed by atoms with Crippen molar-refractivity contribution in [1.82, 2.24) is 10.6 Å². The number of aryl methyl sites for hydroxylation is 1. The second-order valence-electron chi connectivity index (χ2n) is 8.65. The number of hydrogen-bond acceptors (Lipinski definition) is 6. The zero-order valence-electron chi connectivity index (χ0n) is 19.4. The largest absolute Gasteiger partial charge is 0.462 e. The summed E-state index contributed by atoms with van der Waals surface area (Å²) in [5.74, 6) is -0.643. The molecule has 1 aromatic carbocycles. The van der Waals surface area contributed by atoms with Gasteiger partial charge in [0.05, 0.1) is 12.2 Å². The minimum Gasteiger partial charge on any atom is -0.462 e. The van der Waals surface area contributed by atoms with Crippen molar-refractivity contribution >= 4 is 39.9 Å². The van der Waals surface area contributed by atoms with E-state index in [1.54, 1.807) is 6.92 Å². The van der Waals surface area contributed by atoms with Gasteiger partial charge in [0.1, 0.15) is 11.0 Å². The molecule has 0 bridgehead atoms. The molecular formula is C25H32N4O4S. The van der Waals surface area contributed by atoms with E-state index in [1.807, 2.05) is 30.3 Å². The van der Waals surface area contributed by atoms with Crippen LogP contribution >= 0.6 is 11.3 Å². The number of piperidine rings is 1. The predicted molar refractivity (Wildman–Crippen MR) is 134 cm³/mol. The molecule has 2 aliphatic rings. The van der Waals surface area contributed by atoms with E-state index < -0.39 is 18.0 Å². The van der Waals surface area contributed by atoms with Crippen LogP contribution in [0.1, 0.15) is 53.4 Å². The molecule has 0 radical (unpaired) electrons. The second kappa shape index (κ2) is 11.5. The first-order valence-electron chi connectivity index (χ1n) is 12.0. The highest BCUT2D eigenvalue weighted by Gasteiger charge is 2.32. The van der Waals surface area contributed by atoms with Crippen molar-refractivity contribution in [2.24, 2.45) is 5.92 Å². The van der Waals surface area contributed by atoms with Gasteiger partial charge < -0.3 is 20.7 Å². The lowest BCUT2D eigenvalue weighted by Gasteiger charge is -2.30. The van der Waals surface area contributed by atoms with Gasteiger partial charge in [0.25, 0.3) is 0 Å². The Morgan fingerprint density at radius 2 is 1.82 bits per heavy atom. The van der Waals surface area contributed by atoms with Gasteiger partial charge in [-0.1, -0.05) is 18.2 Å². The van der Waals surface area contributed by atoms with Crippen molar-refractivity contribution in [3.63, 3.8) is 0 Å². The molecule has 4 rings (SSSR count). The van der Waals surface area contributed by atoms with Crippen molar-refractivity contribution in [3.05, 3.63) is 46.3 Å². The van der Waals surface area contributed by atoms with E-state index in [4.69, 9.17) is 4.74 Å². The molecule has 2 aromatic rings. The Bertz CT molecular complexity index is 1020. The number of para-hydroxylation sites is 1. The fourth-order valence-corrected chi connectivity index (χ4v) is 5.94. The molecule has 1 unspecified atom stereocenters. The predicted octanol–water partition coefficient (Wildman–Crippen LogP) is 3.93. The Morgan fingerprint density at radius 3 is 2.56 bits per heavy atom. The average molecular weight is 485 g/mol. The van der Waals surface area contributed by atoms with Gasteiger partial charge in [-0.05, 0) is 82.2 Å². The smallest absolute Gasteiger partial charge is 0.341 e. The number of urea groups is 1. The number of ether oxygens (including phenoxy) is 1. The van der Waals surface area contributed by atoms with Gasteiger partial charge in [0.15, 0.2) is 0 Å². The number of anilines is 2. The topological polar surface area (TPSA) is 109 Å². The van der Waals surface area contributed by atoms with Crippen molar-refractivity contribution in [1.29, 1.82) is 0 Å². The summed E-state index contributed by atoms with van der Waals surface area (Å²) in [7, 11) is 0. The zero-order valence-corrected chi connectivity index (χ0v) is 20.3. The summed E-state index contributed by atoms with van der Waals surface area (Å²) < 4.78 is 5.28. The van der Waals surface area contributed by atoms with Gasteiger partial charge >= 0.3 is 12.0 Å². The van der Waals surface area contributed by atoms with Crippen LogP contribution in [0.4, 0.5) is 15.5 Å². The molecular weight excluding hydrogens is 452 g/mol. The standard InChI is InChI=1S/C25H32N4O4S/c1-2-33-24(31)20-18-10-6-7-11-19(18)34-23(20)29-25(32)28-21(16-12-14-26-15-13-16)22(30)27-17-8-4-3-5-9-17/h3-5,8-9,16,21,26H,2,6-7,10-15H2,1H3,(H,27,30)(H2,28,29,32). The average Bonchev–Trinajstić information content (AvgIpc) is 3.21. The SMILES string of the molecule is CCOC(=O)c1c(NC(=O)NC(C(=O)Nc2ccccc2)C2CCNCC2)sc2c1CCCC2. The third-order valence-corrected chi connectivity index (χ3v) is 7.55. The van der Waals surface area contributed by atoms with Crippen molar-refractivity contribution in [3.8, 4) is 0 Å². The number of benzene rings is 1. The number of hydrogen-bond donors (Lipinski definition) is 4. The van der Waals surface area contributed by atoms with E-state index >= 15 is 0 Å². The lowest BCUT2D eigenvalue weighted by Crippen LogP contribution is -2.52. The lowest BCUT2D eigenvalue weighted by atomic mass is 9.89. The molecule has 1 aliphatic heterocycles. The summed E-state index contributed by atoms with van der Waals surface area (Å²) in [5, 5.41) is 12.5. The summed E-state index contributed by atoms with van der Waals surface area (Å²) in [6, 6.07) is 8.04. The number of nitrogens with one attached hydrogen (secondary N) is 4. The van der Waals surface area contributed by atoms with Gasteiger partial charge in [-0.15, -0.1) is 11.3 Å². The summed E-state index contributed by atoms with van der Waals surface area (Å²) >= 11 is 1.43. The molecule has 8 nitrogen and oxygen atoms in total. The molecule has 0 saturated carbocycles. The van der Waals surface area contributed by atoms with Crippen LogP contribution in [0.2, 0.25) is 0 Å². The van der Waals surface area contributed by atoms with Crippen molar-refractivity contribution < 1.29 is 19.1 Å². The summed E-state index contributed by atoms with van der Waals surface area (Å²) in [6.45, 7) is 3.64. The van der Waals surface area contributed by atoms with Gasteiger partial charge in [-0.2, -0.15) is 0 Å². The maximum absolute atomic E-state index is 13.2. The Morgan fingerprint density at radius 1 is 1.09 bits per heavy atom. The summed E-state index contributed by atoms with van der Waals surface area (Å²) in [5.41, 5.74) is 2.13. The van der Waals surface area contributed by atoms with E-state index in [9.17, 15) is 14.4 Å². The van der Waals surface area contributed by atoms with Crippen LogP contribution in [-0.2, 0) is 22.4 Å². The monoisotopic (exact) mass is 484 g/mol. The third-order valence-electron chi connectivity index (χ3n) is 6.34. The van der Waals surface area contributed by atoms with E-state index in [2.05, 4.69) is 21.3 Å². The first-order chi connectivity index (χ1) is 16.6. The number of fused-ring (bicyclic) bond motifs is 1. The highest BCUT2D eigenvalue weighted by atomic mass is 32.1. The molecule has 1 fully saturated rings. The maximum Gasteiger partial charge on any atom is 0.341 e. The van der Waals surface area contributed by atoms with Crippen LogP contribution in [-0.4, -0.2) is 43.6 Å². The van der Waals surface area contributed by atoms with Gasteiger partial charge in [0, 0.05) is 10.6 Å². The quantitative estimate of drug-likeness (QED) is 0.445. The first-order valence-corrected chi connectivity index (χ1v) is 12.8. The van der Waals surface area contributed by atoms with Crippen LogP contribution in [0, 0.1) is 5.92 Å². The van der Waals surface area contributed by atoms with Gasteiger partial charge in [-0.3, -0.25) is 10.1 Å². The van der Waals surface area contributed by atoms with Crippen LogP contribution in [0.3, 0.4) is 0 Å². The Balaban J connectivity index is 1.52. The number of carbonyl (C=O) groups is 3. The minimum atomic E-state index is -0.692. The zero-order chi connectivity index (χ0) is 23.9. The third kappa shape index (κ3) is 5.77. The van der Waals surface area contributed by atoms with Crippen LogP contribution < -0.4 is 21.3 Å². The molecule has 1 saturated heterocycles.